The first-order chi connectivity index (χ1) is 12.5. The number of fused-ring (bicyclic) bond motifs is 1. The normalized spacial score (nSPS) is 20.0. The lowest BCUT2D eigenvalue weighted by Gasteiger charge is -2.21. The van der Waals surface area contributed by atoms with E-state index in [1.807, 2.05) is 65.3 Å². The Morgan fingerprint density at radius 3 is 2.62 bits per heavy atom. The summed E-state index contributed by atoms with van der Waals surface area (Å²) >= 11 is 0. The smallest absolute Gasteiger partial charge is 0.323 e. The Morgan fingerprint density at radius 2 is 1.85 bits per heavy atom. The molecule has 1 aromatic carbocycles. The maximum atomic E-state index is 12.9. The molecule has 26 heavy (non-hydrogen) atoms. The van der Waals surface area contributed by atoms with Gasteiger partial charge in [-0.1, -0.05) is 36.4 Å². The van der Waals surface area contributed by atoms with Gasteiger partial charge in [0, 0.05) is 12.4 Å². The van der Waals surface area contributed by atoms with Gasteiger partial charge < -0.3 is 9.72 Å². The van der Waals surface area contributed by atoms with Crippen molar-refractivity contribution in [2.75, 3.05) is 0 Å². The van der Waals surface area contributed by atoms with Crippen LogP contribution < -0.4 is 5.32 Å². The maximum Gasteiger partial charge on any atom is 0.325 e. The van der Waals surface area contributed by atoms with Gasteiger partial charge in [0.2, 0.25) is 0 Å². The van der Waals surface area contributed by atoms with Gasteiger partial charge in [-0.05, 0) is 37.5 Å². The molecule has 132 valence electrons. The third kappa shape index (κ3) is 2.94. The number of amides is 3. The van der Waals surface area contributed by atoms with Crippen molar-refractivity contribution in [2.24, 2.45) is 0 Å². The van der Waals surface area contributed by atoms with E-state index < -0.39 is 5.54 Å². The van der Waals surface area contributed by atoms with Crippen molar-refractivity contribution >= 4 is 17.6 Å². The first-order valence-corrected chi connectivity index (χ1v) is 8.66. The molecule has 3 amide bonds. The second-order valence-electron chi connectivity index (χ2n) is 6.84. The van der Waals surface area contributed by atoms with Gasteiger partial charge in [-0.15, -0.1) is 0 Å². The summed E-state index contributed by atoms with van der Waals surface area (Å²) in [5.41, 5.74) is 1.74. The monoisotopic (exact) mass is 348 g/mol. The van der Waals surface area contributed by atoms with Gasteiger partial charge >= 0.3 is 6.03 Å². The highest BCUT2D eigenvalue weighted by molar-refractivity contribution is 6.06. The summed E-state index contributed by atoms with van der Waals surface area (Å²) in [6.07, 6.45) is 5.02. The number of imide groups is 1. The Morgan fingerprint density at radius 1 is 1.08 bits per heavy atom. The van der Waals surface area contributed by atoms with E-state index in [0.717, 1.165) is 17.6 Å². The van der Waals surface area contributed by atoms with Gasteiger partial charge in [0.1, 0.15) is 11.2 Å². The van der Waals surface area contributed by atoms with Crippen molar-refractivity contribution < 1.29 is 9.59 Å². The predicted molar refractivity (Wildman–Crippen MR) is 97.4 cm³/mol. The van der Waals surface area contributed by atoms with E-state index in [1.165, 1.54) is 4.90 Å². The lowest BCUT2D eigenvalue weighted by atomic mass is 9.93. The zero-order valence-corrected chi connectivity index (χ0v) is 14.6. The molecule has 3 heterocycles. The van der Waals surface area contributed by atoms with Crippen molar-refractivity contribution in [2.45, 2.75) is 31.8 Å². The Balaban J connectivity index is 1.49. The van der Waals surface area contributed by atoms with E-state index in [2.05, 4.69) is 10.3 Å². The third-order valence-corrected chi connectivity index (χ3v) is 4.84. The molecule has 1 aliphatic heterocycles. The number of rotatable bonds is 5. The van der Waals surface area contributed by atoms with Crippen LogP contribution in [0.2, 0.25) is 0 Å². The molecule has 3 aromatic rings. The Kier molecular flexibility index (Phi) is 3.95. The van der Waals surface area contributed by atoms with Crippen LogP contribution in [0.15, 0.2) is 60.9 Å². The molecule has 0 spiro atoms. The first-order valence-electron chi connectivity index (χ1n) is 8.66. The van der Waals surface area contributed by atoms with Gasteiger partial charge in [0.25, 0.3) is 5.91 Å². The lowest BCUT2D eigenvalue weighted by molar-refractivity contribution is -0.131. The molecular weight excluding hydrogens is 328 g/mol. The van der Waals surface area contributed by atoms with E-state index >= 15 is 0 Å². The van der Waals surface area contributed by atoms with E-state index in [0.29, 0.717) is 12.1 Å². The third-order valence-electron chi connectivity index (χ3n) is 4.84. The second-order valence-corrected chi connectivity index (χ2v) is 6.84. The van der Waals surface area contributed by atoms with Crippen LogP contribution in [0.5, 0.6) is 0 Å². The van der Waals surface area contributed by atoms with Crippen LogP contribution in [0.25, 0.3) is 5.65 Å². The molecule has 1 atom stereocenters. The number of carbonyl (C=O) groups excluding carboxylic acids is 2. The molecule has 0 unspecified atom stereocenters. The molecule has 1 N–H and O–H groups in total. The summed E-state index contributed by atoms with van der Waals surface area (Å²) in [7, 11) is 0. The number of nitrogens with one attached hydrogen (secondary N) is 1. The van der Waals surface area contributed by atoms with Gasteiger partial charge in [-0.2, -0.15) is 0 Å². The quantitative estimate of drug-likeness (QED) is 0.721. The van der Waals surface area contributed by atoms with Crippen LogP contribution in [0.1, 0.15) is 24.6 Å². The zero-order chi connectivity index (χ0) is 18.1. The van der Waals surface area contributed by atoms with Crippen LogP contribution >= 0.6 is 0 Å². The van der Waals surface area contributed by atoms with Crippen molar-refractivity contribution in [1.82, 2.24) is 19.6 Å². The predicted octanol–water partition coefficient (Wildman–Crippen LogP) is 2.78. The van der Waals surface area contributed by atoms with E-state index in [1.54, 1.807) is 6.92 Å². The minimum Gasteiger partial charge on any atom is -0.323 e. The van der Waals surface area contributed by atoms with Crippen molar-refractivity contribution in [1.29, 1.82) is 0 Å². The summed E-state index contributed by atoms with van der Waals surface area (Å²) in [6.45, 7) is 1.97. The second kappa shape index (κ2) is 6.29. The van der Waals surface area contributed by atoms with Crippen LogP contribution in [0, 0.1) is 0 Å². The number of nitrogens with zero attached hydrogens (tertiary/aromatic N) is 3. The maximum absolute atomic E-state index is 12.9. The number of aromatic nitrogens is 2. The molecule has 1 fully saturated rings. The molecule has 1 aliphatic rings. The largest absolute Gasteiger partial charge is 0.325 e. The zero-order valence-electron chi connectivity index (χ0n) is 14.6. The number of carbonyl (C=O) groups is 2. The number of urea groups is 1. The highest BCUT2D eigenvalue weighted by atomic mass is 16.2. The molecule has 6 heteroatoms. The minimum absolute atomic E-state index is 0.174. The first kappa shape index (κ1) is 16.3. The van der Waals surface area contributed by atoms with Crippen molar-refractivity contribution in [3.05, 3.63) is 72.2 Å². The molecule has 0 aliphatic carbocycles. The number of benzene rings is 1. The summed E-state index contributed by atoms with van der Waals surface area (Å²) in [5.74, 6) is -0.199. The fraction of sp³-hybridized carbons (Fsp3) is 0.250. The Labute approximate surface area is 151 Å². The molecule has 1 saturated heterocycles. The van der Waals surface area contributed by atoms with Crippen LogP contribution in [-0.4, -0.2) is 31.8 Å². The number of imidazole rings is 1. The van der Waals surface area contributed by atoms with Gasteiger partial charge in [0.15, 0.2) is 0 Å². The number of pyridine rings is 1. The standard InChI is InChI=1S/C20H20N4O2/c1-20(11-10-15-7-3-2-4-8-15)18(25)24(19(26)22-20)14-16-13-23-12-6-5-9-17(23)21-16/h2-9,12-13H,10-11,14H2,1H3,(H,22,26)/t20-/m0/s1. The van der Waals surface area contributed by atoms with Gasteiger partial charge in [-0.3, -0.25) is 9.69 Å². The Hall–Kier alpha value is -3.15. The summed E-state index contributed by atoms with van der Waals surface area (Å²) < 4.78 is 1.88. The number of aryl methyl sites for hydroxylation is 1. The molecule has 0 bridgehead atoms. The summed E-state index contributed by atoms with van der Waals surface area (Å²) in [6, 6.07) is 15.3. The summed E-state index contributed by atoms with van der Waals surface area (Å²) in [4.78, 5) is 31.0. The minimum atomic E-state index is -0.883. The SMILES string of the molecule is C[C@@]1(CCc2ccccc2)NC(=O)N(Cc2cn3ccccc3n2)C1=O. The van der Waals surface area contributed by atoms with E-state index in [-0.39, 0.29) is 18.5 Å². The van der Waals surface area contributed by atoms with Crippen molar-refractivity contribution in [3.63, 3.8) is 0 Å². The van der Waals surface area contributed by atoms with E-state index in [4.69, 9.17) is 0 Å². The van der Waals surface area contributed by atoms with Gasteiger partial charge in [0.05, 0.1) is 12.2 Å². The number of hydrogen-bond acceptors (Lipinski definition) is 3. The van der Waals surface area contributed by atoms with Crippen LogP contribution in [0.4, 0.5) is 4.79 Å². The summed E-state index contributed by atoms with van der Waals surface area (Å²) in [5, 5.41) is 2.86. The van der Waals surface area contributed by atoms with Crippen molar-refractivity contribution in [3.8, 4) is 0 Å². The average molecular weight is 348 g/mol. The highest BCUT2D eigenvalue weighted by Crippen LogP contribution is 2.24. The Bertz CT molecular complexity index is 933. The fourth-order valence-electron chi connectivity index (χ4n) is 3.32. The lowest BCUT2D eigenvalue weighted by Crippen LogP contribution is -2.44. The molecule has 0 radical (unpaired) electrons. The van der Waals surface area contributed by atoms with E-state index in [9.17, 15) is 9.59 Å². The molecule has 4 rings (SSSR count). The topological polar surface area (TPSA) is 66.7 Å². The molecular formula is C20H20N4O2. The van der Waals surface area contributed by atoms with Gasteiger partial charge in [-0.25, -0.2) is 9.78 Å². The number of hydrogen-bond donors (Lipinski definition) is 1. The molecule has 6 nitrogen and oxygen atoms in total. The molecule has 0 saturated carbocycles. The van der Waals surface area contributed by atoms with Crippen LogP contribution in [-0.2, 0) is 17.8 Å². The fourth-order valence-corrected chi connectivity index (χ4v) is 3.32. The van der Waals surface area contributed by atoms with Crippen LogP contribution in [0.3, 0.4) is 0 Å². The molecule has 2 aromatic heterocycles. The highest BCUT2D eigenvalue weighted by Gasteiger charge is 2.47. The average Bonchev–Trinajstić information content (AvgIpc) is 3.15.